The first-order valence-electron chi connectivity index (χ1n) is 6.97. The second-order valence-electron chi connectivity index (χ2n) is 5.71. The Morgan fingerprint density at radius 2 is 1.80 bits per heavy atom. The quantitative estimate of drug-likeness (QED) is 0.534. The summed E-state index contributed by atoms with van der Waals surface area (Å²) < 4.78 is 3.79. The summed E-state index contributed by atoms with van der Waals surface area (Å²) in [6.45, 7) is 12.0. The van der Waals surface area contributed by atoms with E-state index in [4.69, 9.17) is 0 Å². The van der Waals surface area contributed by atoms with Crippen molar-refractivity contribution in [3.8, 4) is 0 Å². The van der Waals surface area contributed by atoms with Crippen molar-refractivity contribution >= 4 is 5.43 Å². The van der Waals surface area contributed by atoms with E-state index in [1.807, 2.05) is 6.56 Å². The van der Waals surface area contributed by atoms with Crippen molar-refractivity contribution in [1.82, 2.24) is 0 Å². The van der Waals surface area contributed by atoms with Crippen molar-refractivity contribution < 1.29 is 45.2 Å². The number of hydrogen-bond acceptors (Lipinski definition) is 0. The molecule has 0 bridgehead atoms. The van der Waals surface area contributed by atoms with Crippen LogP contribution in [0.25, 0.3) is 0 Å². The molecule has 110 valence electrons. The van der Waals surface area contributed by atoms with Gasteiger partial charge in [-0.2, -0.15) is 0 Å². The molecule has 2 aliphatic carbocycles. The predicted octanol–water partition coefficient (Wildman–Crippen LogP) is -0.888. The van der Waals surface area contributed by atoms with Gasteiger partial charge in [-0.15, -0.1) is 0 Å². The molecule has 0 aromatic heterocycles. The summed E-state index contributed by atoms with van der Waals surface area (Å²) in [4.78, 5) is 0. The van der Waals surface area contributed by atoms with Crippen molar-refractivity contribution in [2.45, 2.75) is 53.1 Å². The molecule has 4 heteroatoms. The summed E-state index contributed by atoms with van der Waals surface area (Å²) in [5, 5.41) is 0. The number of allylic oxidation sites excluding steroid dienone is 8. The molecule has 0 amide bonds. The molecule has 0 saturated carbocycles. The zero-order valence-electron chi connectivity index (χ0n) is 13.1. The maximum atomic E-state index is 2.57. The molecule has 0 atom stereocenters. The van der Waals surface area contributed by atoms with Crippen LogP contribution in [0.1, 0.15) is 40.0 Å². The van der Waals surface area contributed by atoms with Crippen molar-refractivity contribution in [3.05, 3.63) is 41.5 Å². The third-order valence-corrected chi connectivity index (χ3v) is 21.3. The van der Waals surface area contributed by atoms with E-state index in [-0.39, 0.29) is 30.2 Å². The van der Waals surface area contributed by atoms with E-state index in [2.05, 4.69) is 52.1 Å². The van der Waals surface area contributed by atoms with Gasteiger partial charge in [0.15, 0.2) is 0 Å². The van der Waals surface area contributed by atoms with Crippen LogP contribution >= 0.6 is 0 Å². The average molecular weight is 407 g/mol. The summed E-state index contributed by atoms with van der Waals surface area (Å²) in [6.07, 6.45) is 11.3. The van der Waals surface area contributed by atoms with Crippen LogP contribution in [0.4, 0.5) is 0 Å². The van der Waals surface area contributed by atoms with Crippen LogP contribution in [0.15, 0.2) is 41.5 Å². The van der Waals surface area contributed by atoms with E-state index in [1.165, 1.54) is 19.3 Å². The number of rotatable bonds is 3. The second-order valence-corrected chi connectivity index (χ2v) is 22.9. The first-order chi connectivity index (χ1) is 8.52. The third-order valence-electron chi connectivity index (χ3n) is 3.87. The van der Waals surface area contributed by atoms with E-state index in [1.54, 1.807) is 16.7 Å². The van der Waals surface area contributed by atoms with Gasteiger partial charge >= 0.3 is 120 Å². The molecule has 2 aliphatic rings. The minimum atomic E-state index is -1.48. The summed E-state index contributed by atoms with van der Waals surface area (Å²) in [5.41, 5.74) is 4.68. The summed E-state index contributed by atoms with van der Waals surface area (Å²) in [5.74, 6) is 0. The van der Waals surface area contributed by atoms with Gasteiger partial charge in [0.05, 0.1) is 0 Å². The Morgan fingerprint density at radius 1 is 1.15 bits per heavy atom. The molecule has 0 aromatic rings. The van der Waals surface area contributed by atoms with Gasteiger partial charge in [0.2, 0.25) is 0 Å². The van der Waals surface area contributed by atoms with Crippen LogP contribution in [0.3, 0.4) is 0 Å². The van der Waals surface area contributed by atoms with Crippen LogP contribution in [0.5, 0.6) is 0 Å². The molecular formula is C16H24Cl2SiZr. The zero-order valence-corrected chi connectivity index (χ0v) is 18.1. The van der Waals surface area contributed by atoms with E-state index in [0.717, 1.165) is 0 Å². The van der Waals surface area contributed by atoms with Crippen LogP contribution < -0.4 is 24.8 Å². The number of halogens is 2. The van der Waals surface area contributed by atoms with Gasteiger partial charge in [-0.1, -0.05) is 0 Å². The van der Waals surface area contributed by atoms with Gasteiger partial charge in [-0.3, -0.25) is 0 Å². The molecule has 2 rings (SSSR count). The fourth-order valence-electron chi connectivity index (χ4n) is 3.03. The largest absolute Gasteiger partial charge is 1.00 e. The Kier molecular flexibility index (Phi) is 9.22. The van der Waals surface area contributed by atoms with Gasteiger partial charge < -0.3 is 24.8 Å². The molecule has 0 N–H and O–H groups in total. The van der Waals surface area contributed by atoms with Crippen molar-refractivity contribution in [2.75, 3.05) is 0 Å². The smallest absolute Gasteiger partial charge is 1.00 e. The first-order valence-corrected chi connectivity index (χ1v) is 15.6. The molecule has 0 aromatic carbocycles. The molecule has 0 heterocycles. The molecule has 0 saturated heterocycles. The second kappa shape index (κ2) is 8.93. The molecule has 0 radical (unpaired) electrons. The molecule has 0 aliphatic heterocycles. The van der Waals surface area contributed by atoms with Crippen LogP contribution in [-0.2, 0) is 20.4 Å². The molecule has 0 nitrogen and oxygen atoms in total. The first kappa shape index (κ1) is 20.6. The average Bonchev–Trinajstić information content (AvgIpc) is 2.87. The fourth-order valence-corrected chi connectivity index (χ4v) is 21.0. The van der Waals surface area contributed by atoms with Gasteiger partial charge in [0.1, 0.15) is 0 Å². The van der Waals surface area contributed by atoms with Gasteiger partial charge in [0, 0.05) is 0 Å². The van der Waals surface area contributed by atoms with Crippen LogP contribution in [0, 0.1) is 0 Å². The van der Waals surface area contributed by atoms with E-state index < -0.39 is 20.4 Å². The Labute approximate surface area is 144 Å². The Balaban J connectivity index is 0.00000180. The zero-order chi connectivity index (χ0) is 13.3. The minimum Gasteiger partial charge on any atom is -1.00 e. The van der Waals surface area contributed by atoms with Gasteiger partial charge in [0.25, 0.3) is 0 Å². The fraction of sp³-hybridized carbons (Fsp3) is 0.500. The van der Waals surface area contributed by atoms with E-state index in [0.29, 0.717) is 0 Å². The summed E-state index contributed by atoms with van der Waals surface area (Å²) in [7, 11) is 0. The van der Waals surface area contributed by atoms with Gasteiger partial charge in [-0.25, -0.2) is 0 Å². The van der Waals surface area contributed by atoms with Crippen LogP contribution in [-0.4, -0.2) is 5.43 Å². The van der Waals surface area contributed by atoms with Crippen molar-refractivity contribution in [2.24, 2.45) is 0 Å². The summed E-state index contributed by atoms with van der Waals surface area (Å²) >= 11 is -1.48. The SMILES string of the molecule is CCC1=CC[C]([Zr+2]([C]2=C(C)C=C(C)C2)=[Si](C)C)=C1.[Cl-].[Cl-]. The molecule has 0 spiro atoms. The van der Waals surface area contributed by atoms with Gasteiger partial charge in [-0.05, 0) is 0 Å². The van der Waals surface area contributed by atoms with E-state index >= 15 is 0 Å². The molecular weight excluding hydrogens is 382 g/mol. The third kappa shape index (κ3) is 4.57. The monoisotopic (exact) mass is 404 g/mol. The van der Waals surface area contributed by atoms with Crippen molar-refractivity contribution in [1.29, 1.82) is 0 Å². The molecule has 20 heavy (non-hydrogen) atoms. The Bertz CT molecular complexity index is 533. The predicted molar refractivity (Wildman–Crippen MR) is 79.6 cm³/mol. The van der Waals surface area contributed by atoms with Crippen molar-refractivity contribution in [3.63, 3.8) is 0 Å². The van der Waals surface area contributed by atoms with E-state index in [9.17, 15) is 0 Å². The molecule has 0 fully saturated rings. The van der Waals surface area contributed by atoms with Crippen LogP contribution in [0.2, 0.25) is 13.1 Å². The Morgan fingerprint density at radius 3 is 2.20 bits per heavy atom. The number of hydrogen-bond donors (Lipinski definition) is 0. The normalized spacial score (nSPS) is 16.5. The molecule has 0 unspecified atom stereocenters. The summed E-state index contributed by atoms with van der Waals surface area (Å²) in [6, 6.07) is 0. The standard InChI is InChI=1S/2C7H9.C2H6Si.2ClH.Zr/c1-6-3-4-7(2)5-6;1-2-7-5-3-4-6-7;1-3-2;;;/h5H,3H2,1-2H3;5-6H,2-3H2,1H3;1-2H3;2*1H;/q;;;;;+2/p-2. The topological polar surface area (TPSA) is 0 Å². The Hall–Kier alpha value is 0.640. The maximum Gasteiger partial charge on any atom is -1.00 e. The minimum absolute atomic E-state index is 0. The maximum absolute atomic E-state index is 2.57.